The molecular formula is C63H45N5S. The molecule has 2 aliphatic carbocycles. The van der Waals surface area contributed by atoms with Crippen LogP contribution in [0.15, 0.2) is 200 Å². The average Bonchev–Trinajstić information content (AvgIpc) is 4.08. The van der Waals surface area contributed by atoms with Crippen LogP contribution in [0.1, 0.15) is 49.9 Å². The number of thiophene rings is 1. The lowest BCUT2D eigenvalue weighted by atomic mass is 9.82. The van der Waals surface area contributed by atoms with E-state index in [1.807, 2.05) is 11.3 Å². The molecule has 5 nitrogen and oxygen atoms in total. The summed E-state index contributed by atoms with van der Waals surface area (Å²) in [6, 6.07) is 72.6. The van der Waals surface area contributed by atoms with Crippen LogP contribution in [0.3, 0.4) is 0 Å². The van der Waals surface area contributed by atoms with Gasteiger partial charge in [-0.3, -0.25) is 4.90 Å². The van der Waals surface area contributed by atoms with E-state index in [1.54, 1.807) is 0 Å². The van der Waals surface area contributed by atoms with Gasteiger partial charge < -0.3 is 4.57 Å². The monoisotopic (exact) mass is 903 g/mol. The quantitative estimate of drug-likeness (QED) is 0.167. The molecule has 328 valence electrons. The molecule has 0 saturated heterocycles. The second-order valence-corrected chi connectivity index (χ2v) is 20.6. The molecular weight excluding hydrogens is 859 g/mol. The van der Waals surface area contributed by atoms with Crippen LogP contribution < -0.4 is 4.90 Å². The van der Waals surface area contributed by atoms with Crippen LogP contribution in [-0.2, 0) is 10.8 Å². The number of anilines is 3. The molecule has 9 aromatic carbocycles. The highest BCUT2D eigenvalue weighted by molar-refractivity contribution is 7.26. The zero-order chi connectivity index (χ0) is 46.2. The molecule has 0 radical (unpaired) electrons. The highest BCUT2D eigenvalue weighted by Gasteiger charge is 2.39. The molecule has 0 fully saturated rings. The molecule has 0 N–H and O–H groups in total. The van der Waals surface area contributed by atoms with Crippen molar-refractivity contribution in [3.8, 4) is 50.7 Å². The minimum Gasteiger partial charge on any atom is -0.309 e. The fourth-order valence-electron chi connectivity index (χ4n) is 11.8. The third-order valence-electron chi connectivity index (χ3n) is 15.1. The van der Waals surface area contributed by atoms with E-state index in [0.717, 1.165) is 44.6 Å². The van der Waals surface area contributed by atoms with Crippen LogP contribution in [0.25, 0.3) is 92.7 Å². The van der Waals surface area contributed by atoms with Crippen LogP contribution in [0.5, 0.6) is 0 Å². The van der Waals surface area contributed by atoms with Crippen molar-refractivity contribution in [3.05, 3.63) is 222 Å². The first-order valence-corrected chi connectivity index (χ1v) is 24.6. The highest BCUT2D eigenvalue weighted by Crippen LogP contribution is 2.56. The van der Waals surface area contributed by atoms with Crippen molar-refractivity contribution in [3.63, 3.8) is 0 Å². The molecule has 3 aromatic heterocycles. The Balaban J connectivity index is 1.11. The van der Waals surface area contributed by atoms with E-state index in [2.05, 4.69) is 237 Å². The van der Waals surface area contributed by atoms with Gasteiger partial charge in [0.25, 0.3) is 0 Å². The maximum absolute atomic E-state index is 5.75. The first kappa shape index (κ1) is 39.9. The van der Waals surface area contributed by atoms with Crippen LogP contribution in [0.4, 0.5) is 17.3 Å². The van der Waals surface area contributed by atoms with Crippen LogP contribution in [0.2, 0.25) is 0 Å². The third-order valence-corrected chi connectivity index (χ3v) is 16.2. The maximum Gasteiger partial charge on any atom is 0.238 e. The molecule has 0 aliphatic heterocycles. The van der Waals surface area contributed by atoms with Gasteiger partial charge in [0, 0.05) is 64.2 Å². The highest BCUT2D eigenvalue weighted by atomic mass is 32.1. The Hall–Kier alpha value is -8.19. The second kappa shape index (κ2) is 14.7. The third kappa shape index (κ3) is 5.73. The summed E-state index contributed by atoms with van der Waals surface area (Å²) in [4.78, 5) is 19.4. The molecule has 0 amide bonds. The number of hydrogen-bond acceptors (Lipinski definition) is 5. The largest absolute Gasteiger partial charge is 0.309 e. The van der Waals surface area contributed by atoms with Crippen molar-refractivity contribution in [2.75, 3.05) is 4.90 Å². The summed E-state index contributed by atoms with van der Waals surface area (Å²) in [5, 5.41) is 4.69. The zero-order valence-corrected chi connectivity index (χ0v) is 39.5. The van der Waals surface area contributed by atoms with Gasteiger partial charge in [-0.05, 0) is 93.5 Å². The summed E-state index contributed by atoms with van der Waals surface area (Å²) in [6.45, 7) is 9.34. The van der Waals surface area contributed by atoms with E-state index < -0.39 is 0 Å². The normalized spacial score (nSPS) is 14.0. The molecule has 69 heavy (non-hydrogen) atoms. The molecule has 0 saturated carbocycles. The molecule has 0 unspecified atom stereocenters. The average molecular weight is 904 g/mol. The summed E-state index contributed by atoms with van der Waals surface area (Å²) in [7, 11) is 0. The number of benzene rings is 9. The summed E-state index contributed by atoms with van der Waals surface area (Å²) in [6.07, 6.45) is 0. The minimum absolute atomic E-state index is 0.142. The van der Waals surface area contributed by atoms with Gasteiger partial charge in [-0.15, -0.1) is 11.3 Å². The Labute approximate surface area is 404 Å². The van der Waals surface area contributed by atoms with Gasteiger partial charge in [0.05, 0.1) is 22.4 Å². The SMILES string of the molecule is CC1(C)c2ccccc2-c2cc(-c3nc(-c4cccc5c6ccccc6n(-c6ccccc6)c45)nc(N(c4cccc5c4-c4ccccc4C5(C)C)c4cccc5sc6ccccc6c45)n3)ccc21. The molecule has 12 aromatic rings. The van der Waals surface area contributed by atoms with E-state index >= 15 is 0 Å². The molecule has 14 rings (SSSR count). The van der Waals surface area contributed by atoms with Crippen LogP contribution in [-0.4, -0.2) is 19.5 Å². The molecule has 0 bridgehead atoms. The van der Waals surface area contributed by atoms with Crippen molar-refractivity contribution < 1.29 is 0 Å². The van der Waals surface area contributed by atoms with Gasteiger partial charge in [-0.2, -0.15) is 9.97 Å². The fraction of sp³-hybridized carbons (Fsp3) is 0.0952. The predicted molar refractivity (Wildman–Crippen MR) is 288 cm³/mol. The van der Waals surface area contributed by atoms with Crippen molar-refractivity contribution in [2.45, 2.75) is 38.5 Å². The van der Waals surface area contributed by atoms with E-state index in [1.165, 1.54) is 70.1 Å². The number of para-hydroxylation sites is 3. The Morgan fingerprint density at radius 3 is 1.88 bits per heavy atom. The zero-order valence-electron chi connectivity index (χ0n) is 38.7. The van der Waals surface area contributed by atoms with E-state index in [4.69, 9.17) is 15.0 Å². The number of rotatable bonds is 6. The van der Waals surface area contributed by atoms with Crippen molar-refractivity contribution >= 4 is 70.6 Å². The molecule has 3 heterocycles. The van der Waals surface area contributed by atoms with E-state index in [-0.39, 0.29) is 10.8 Å². The first-order chi connectivity index (χ1) is 33.8. The Morgan fingerprint density at radius 1 is 0.435 bits per heavy atom. The number of nitrogens with zero attached hydrogens (tertiary/aromatic N) is 5. The standard InChI is InChI=1S/C63H45N5S/c1-62(2)47-27-12-8-21-40(47)46-37-38(35-36-49(46)62)59-64-60(45-26-16-25-42-41-22-10-14-30-51(41)67(58(42)45)39-19-6-5-7-20-39)66-61(65-59)68(53-32-18-34-55-57(53)44-24-11-15-33-54(44)69-55)52-31-17-29-50-56(52)43-23-9-13-28-48(43)63(50,3)4/h5-37H,1-4H3. The van der Waals surface area contributed by atoms with E-state index in [0.29, 0.717) is 17.6 Å². The first-order valence-electron chi connectivity index (χ1n) is 23.8. The molecule has 0 atom stereocenters. The van der Waals surface area contributed by atoms with Gasteiger partial charge in [-0.1, -0.05) is 173 Å². The van der Waals surface area contributed by atoms with Gasteiger partial charge in [0.15, 0.2) is 11.6 Å². The van der Waals surface area contributed by atoms with E-state index in [9.17, 15) is 0 Å². The topological polar surface area (TPSA) is 46.8 Å². The van der Waals surface area contributed by atoms with Crippen molar-refractivity contribution in [1.82, 2.24) is 19.5 Å². The smallest absolute Gasteiger partial charge is 0.238 e. The molecule has 0 spiro atoms. The fourth-order valence-corrected chi connectivity index (χ4v) is 13.0. The minimum atomic E-state index is -0.223. The van der Waals surface area contributed by atoms with Gasteiger partial charge in [-0.25, -0.2) is 4.98 Å². The summed E-state index contributed by atoms with van der Waals surface area (Å²) >= 11 is 1.82. The van der Waals surface area contributed by atoms with Gasteiger partial charge >= 0.3 is 0 Å². The summed E-state index contributed by atoms with van der Waals surface area (Å²) in [5.41, 5.74) is 16.9. The van der Waals surface area contributed by atoms with Gasteiger partial charge in [0.2, 0.25) is 5.95 Å². The van der Waals surface area contributed by atoms with Gasteiger partial charge in [0.1, 0.15) is 0 Å². The number of hydrogen-bond donors (Lipinski definition) is 0. The number of fused-ring (bicyclic) bond motifs is 12. The van der Waals surface area contributed by atoms with Crippen molar-refractivity contribution in [1.29, 1.82) is 0 Å². The summed E-state index contributed by atoms with van der Waals surface area (Å²) in [5.74, 6) is 1.76. The second-order valence-electron chi connectivity index (χ2n) is 19.6. The maximum atomic E-state index is 5.75. The molecule has 2 aliphatic rings. The Kier molecular flexibility index (Phi) is 8.48. The Morgan fingerprint density at radius 2 is 1.03 bits per heavy atom. The lowest BCUT2D eigenvalue weighted by Crippen LogP contribution is -2.18. The summed E-state index contributed by atoms with van der Waals surface area (Å²) < 4.78 is 4.82. The molecule has 6 heteroatoms. The Bertz CT molecular complexity index is 4100. The lowest BCUT2D eigenvalue weighted by molar-refractivity contribution is 0.660. The number of aromatic nitrogens is 4. The lowest BCUT2D eigenvalue weighted by Gasteiger charge is -2.28. The predicted octanol–water partition coefficient (Wildman–Crippen LogP) is 16.8. The van der Waals surface area contributed by atoms with Crippen LogP contribution in [0, 0.1) is 0 Å². The van der Waals surface area contributed by atoms with Crippen LogP contribution >= 0.6 is 11.3 Å². The van der Waals surface area contributed by atoms with Crippen molar-refractivity contribution in [2.24, 2.45) is 0 Å².